The van der Waals surface area contributed by atoms with Crippen molar-refractivity contribution in [3.63, 3.8) is 0 Å². The molecule has 0 atom stereocenters. The third-order valence-corrected chi connectivity index (χ3v) is 4.31. The maximum atomic E-state index is 12.1. The second kappa shape index (κ2) is 10.2. The molecule has 0 saturated heterocycles. The number of hydrogen-bond donors (Lipinski definition) is 3. The van der Waals surface area contributed by atoms with Gasteiger partial charge in [-0.05, 0) is 52.4 Å². The van der Waals surface area contributed by atoms with E-state index in [2.05, 4.69) is 25.6 Å². The number of H-pyrrole nitrogens is 1. The first kappa shape index (κ1) is 20.3. The van der Waals surface area contributed by atoms with Gasteiger partial charge < -0.3 is 15.0 Å². The smallest absolute Gasteiger partial charge is 0.414 e. The summed E-state index contributed by atoms with van der Waals surface area (Å²) in [5, 5.41) is 6.00. The first-order valence-electron chi connectivity index (χ1n) is 9.68. The molecule has 3 N–H and O–H groups in total. The first-order valence-corrected chi connectivity index (χ1v) is 9.68. The number of carbonyl (C=O) groups is 1. The van der Waals surface area contributed by atoms with Gasteiger partial charge in [-0.3, -0.25) is 10.3 Å². The second-order valence-corrected chi connectivity index (χ2v) is 7.91. The Morgan fingerprint density at radius 2 is 2.12 bits per heavy atom. The summed E-state index contributed by atoms with van der Waals surface area (Å²) >= 11 is 0. The van der Waals surface area contributed by atoms with Gasteiger partial charge in [-0.25, -0.2) is 9.78 Å². The molecule has 1 amide bonds. The van der Waals surface area contributed by atoms with E-state index in [9.17, 15) is 4.79 Å². The first-order chi connectivity index (χ1) is 12.4. The zero-order chi connectivity index (χ0) is 18.8. The fourth-order valence-corrected chi connectivity index (χ4v) is 3.03. The Morgan fingerprint density at radius 3 is 2.77 bits per heavy atom. The number of hydrogen-bond acceptors (Lipinski definition) is 4. The summed E-state index contributed by atoms with van der Waals surface area (Å²) in [5.41, 5.74) is 0.506. The monoisotopic (exact) mass is 363 g/mol. The van der Waals surface area contributed by atoms with E-state index in [1.54, 1.807) is 6.33 Å². The molecule has 1 aromatic heterocycles. The van der Waals surface area contributed by atoms with Crippen molar-refractivity contribution >= 4 is 12.1 Å². The zero-order valence-corrected chi connectivity index (χ0v) is 16.3. The van der Waals surface area contributed by atoms with E-state index < -0.39 is 11.7 Å². The SMILES string of the molecule is CC(C)(C)OC(=O)N/C(=N\CC1CCCCC1)NCCCc1c[nH]cn1. The van der Waals surface area contributed by atoms with Crippen molar-refractivity contribution in [2.24, 2.45) is 10.9 Å². The van der Waals surface area contributed by atoms with Gasteiger partial charge in [-0.15, -0.1) is 0 Å². The molecule has 1 heterocycles. The Kier molecular flexibility index (Phi) is 7.94. The molecule has 0 unspecified atom stereocenters. The predicted molar refractivity (Wildman–Crippen MR) is 103 cm³/mol. The lowest BCUT2D eigenvalue weighted by Crippen LogP contribution is -2.44. The molecular weight excluding hydrogens is 330 g/mol. The van der Waals surface area contributed by atoms with E-state index >= 15 is 0 Å². The molecule has 0 bridgehead atoms. The van der Waals surface area contributed by atoms with Gasteiger partial charge in [-0.1, -0.05) is 19.3 Å². The number of ether oxygens (including phenoxy) is 1. The number of nitrogens with one attached hydrogen (secondary N) is 3. The van der Waals surface area contributed by atoms with Crippen molar-refractivity contribution < 1.29 is 9.53 Å². The Balaban J connectivity index is 1.83. The number of aromatic nitrogens is 2. The third-order valence-electron chi connectivity index (χ3n) is 4.31. The molecule has 1 saturated carbocycles. The van der Waals surface area contributed by atoms with Gasteiger partial charge in [0.25, 0.3) is 0 Å². The van der Waals surface area contributed by atoms with Crippen molar-refractivity contribution in [2.45, 2.75) is 71.3 Å². The number of aromatic amines is 1. The Hall–Kier alpha value is -2.05. The number of rotatable bonds is 6. The minimum Gasteiger partial charge on any atom is -0.444 e. The molecule has 1 aromatic rings. The zero-order valence-electron chi connectivity index (χ0n) is 16.3. The predicted octanol–water partition coefficient (Wildman–Crippen LogP) is 3.39. The highest BCUT2D eigenvalue weighted by Crippen LogP contribution is 2.23. The van der Waals surface area contributed by atoms with E-state index in [-0.39, 0.29) is 0 Å². The number of guanidine groups is 1. The number of aryl methyl sites for hydroxylation is 1. The molecule has 1 fully saturated rings. The lowest BCUT2D eigenvalue weighted by Gasteiger charge is -2.22. The van der Waals surface area contributed by atoms with Crippen LogP contribution in [0.15, 0.2) is 17.5 Å². The average Bonchev–Trinajstić information content (AvgIpc) is 3.09. The van der Waals surface area contributed by atoms with Crippen LogP contribution < -0.4 is 10.6 Å². The number of alkyl carbamates (subject to hydrolysis) is 1. The fraction of sp³-hybridized carbons (Fsp3) is 0.737. The fourth-order valence-electron chi connectivity index (χ4n) is 3.03. The van der Waals surface area contributed by atoms with Gasteiger partial charge in [-0.2, -0.15) is 0 Å². The number of nitrogens with zero attached hydrogens (tertiary/aromatic N) is 2. The largest absolute Gasteiger partial charge is 0.444 e. The molecule has 0 aliphatic heterocycles. The molecule has 146 valence electrons. The maximum Gasteiger partial charge on any atom is 0.414 e. The molecule has 2 rings (SSSR count). The molecule has 0 radical (unpaired) electrons. The van der Waals surface area contributed by atoms with E-state index in [0.29, 0.717) is 18.4 Å². The van der Waals surface area contributed by atoms with Gasteiger partial charge >= 0.3 is 6.09 Å². The number of aliphatic imine (C=N–C) groups is 1. The van der Waals surface area contributed by atoms with Crippen LogP contribution in [0.1, 0.15) is 65.0 Å². The van der Waals surface area contributed by atoms with E-state index in [1.165, 1.54) is 32.1 Å². The molecular formula is C19H33N5O2. The third kappa shape index (κ3) is 8.36. The standard InChI is InChI=1S/C19H33N5O2/c1-19(2,3)26-18(25)24-17(22-12-15-8-5-4-6-9-15)21-11-7-10-16-13-20-14-23-16/h13-15H,4-12H2,1-3H3,(H,20,23)(H2,21,22,24,25). The van der Waals surface area contributed by atoms with Crippen molar-refractivity contribution in [3.05, 3.63) is 18.2 Å². The molecule has 7 nitrogen and oxygen atoms in total. The highest BCUT2D eigenvalue weighted by atomic mass is 16.6. The van der Waals surface area contributed by atoms with Crippen LogP contribution in [0.2, 0.25) is 0 Å². The van der Waals surface area contributed by atoms with Gasteiger partial charge in [0.05, 0.1) is 12.0 Å². The van der Waals surface area contributed by atoms with Crippen LogP contribution in [-0.2, 0) is 11.2 Å². The summed E-state index contributed by atoms with van der Waals surface area (Å²) in [6.07, 6.45) is 11.2. The highest BCUT2D eigenvalue weighted by molar-refractivity contribution is 5.94. The van der Waals surface area contributed by atoms with Gasteiger partial charge in [0.2, 0.25) is 5.96 Å². The minimum absolute atomic E-state index is 0.473. The van der Waals surface area contributed by atoms with Crippen LogP contribution in [0.4, 0.5) is 4.79 Å². The van der Waals surface area contributed by atoms with Gasteiger partial charge in [0.1, 0.15) is 5.60 Å². The minimum atomic E-state index is -0.529. The topological polar surface area (TPSA) is 91.4 Å². The van der Waals surface area contributed by atoms with Crippen molar-refractivity contribution in [1.82, 2.24) is 20.6 Å². The lowest BCUT2D eigenvalue weighted by molar-refractivity contribution is 0.0561. The molecule has 26 heavy (non-hydrogen) atoms. The Labute approximate surface area is 156 Å². The Bertz CT molecular complexity index is 557. The summed E-state index contributed by atoms with van der Waals surface area (Å²) in [6.45, 7) is 7.01. The van der Waals surface area contributed by atoms with Crippen molar-refractivity contribution in [2.75, 3.05) is 13.1 Å². The van der Waals surface area contributed by atoms with E-state index in [1.807, 2.05) is 27.0 Å². The van der Waals surface area contributed by atoms with E-state index in [0.717, 1.165) is 25.1 Å². The van der Waals surface area contributed by atoms with Gasteiger partial charge in [0, 0.05) is 19.3 Å². The van der Waals surface area contributed by atoms with Crippen LogP contribution in [0.5, 0.6) is 0 Å². The van der Waals surface area contributed by atoms with Crippen LogP contribution >= 0.6 is 0 Å². The molecule has 1 aliphatic carbocycles. The van der Waals surface area contributed by atoms with Crippen LogP contribution in [0, 0.1) is 5.92 Å². The maximum absolute atomic E-state index is 12.1. The summed E-state index contributed by atoms with van der Waals surface area (Å²) in [5.74, 6) is 1.12. The number of amides is 1. The van der Waals surface area contributed by atoms with Crippen LogP contribution in [0.3, 0.4) is 0 Å². The Morgan fingerprint density at radius 1 is 1.35 bits per heavy atom. The summed E-state index contributed by atoms with van der Waals surface area (Å²) in [6, 6.07) is 0. The molecule has 0 spiro atoms. The quantitative estimate of drug-likeness (QED) is 0.410. The molecule has 0 aromatic carbocycles. The van der Waals surface area contributed by atoms with Crippen molar-refractivity contribution in [1.29, 1.82) is 0 Å². The van der Waals surface area contributed by atoms with Gasteiger partial charge in [0.15, 0.2) is 0 Å². The summed E-state index contributed by atoms with van der Waals surface area (Å²) in [7, 11) is 0. The number of carbonyl (C=O) groups excluding carboxylic acids is 1. The lowest BCUT2D eigenvalue weighted by atomic mass is 9.89. The normalized spacial score (nSPS) is 16.3. The second-order valence-electron chi connectivity index (χ2n) is 7.91. The summed E-state index contributed by atoms with van der Waals surface area (Å²) < 4.78 is 5.34. The average molecular weight is 364 g/mol. The highest BCUT2D eigenvalue weighted by Gasteiger charge is 2.18. The molecule has 1 aliphatic rings. The van der Waals surface area contributed by atoms with Crippen molar-refractivity contribution in [3.8, 4) is 0 Å². The van der Waals surface area contributed by atoms with Crippen LogP contribution in [0.25, 0.3) is 0 Å². The number of imidazole rings is 1. The summed E-state index contributed by atoms with van der Waals surface area (Å²) in [4.78, 5) is 23.9. The van der Waals surface area contributed by atoms with E-state index in [4.69, 9.17) is 4.74 Å². The molecule has 7 heteroatoms. The van der Waals surface area contributed by atoms with Crippen LogP contribution in [-0.4, -0.2) is 40.7 Å².